The summed E-state index contributed by atoms with van der Waals surface area (Å²) in [5, 5.41) is 0. The number of benzene rings is 1. The average Bonchev–Trinajstić information content (AvgIpc) is 2.52. The molecule has 1 atom stereocenters. The van der Waals surface area contributed by atoms with Crippen LogP contribution in [0.4, 0.5) is 0 Å². The zero-order valence-corrected chi connectivity index (χ0v) is 12.3. The van der Waals surface area contributed by atoms with Crippen molar-refractivity contribution in [1.82, 2.24) is 0 Å². The third kappa shape index (κ3) is 4.05. The van der Waals surface area contributed by atoms with Crippen LogP contribution in [-0.4, -0.2) is 24.5 Å². The van der Waals surface area contributed by atoms with E-state index in [-0.39, 0.29) is 18.6 Å². The molecule has 114 valence electrons. The normalized spacial score (nSPS) is 12.9. The van der Waals surface area contributed by atoms with Gasteiger partial charge in [-0.25, -0.2) is 19.4 Å². The standard InChI is InChI=1S/C15H18O6/c1-4-15(3,13(17)19-5-2)14(18)21-20-12(16)11-9-7-6-8-10-11/h6-10H,4-5H2,1-3H3. The molecule has 0 amide bonds. The Morgan fingerprint density at radius 2 is 1.62 bits per heavy atom. The van der Waals surface area contributed by atoms with Crippen LogP contribution in [0.5, 0.6) is 0 Å². The Bertz CT molecular complexity index is 510. The summed E-state index contributed by atoms with van der Waals surface area (Å²) < 4.78 is 4.83. The molecule has 0 aliphatic heterocycles. The topological polar surface area (TPSA) is 78.9 Å². The fourth-order valence-electron chi connectivity index (χ4n) is 1.45. The van der Waals surface area contributed by atoms with Gasteiger partial charge in [0.05, 0.1) is 12.2 Å². The van der Waals surface area contributed by atoms with E-state index >= 15 is 0 Å². The molecule has 1 unspecified atom stereocenters. The number of rotatable bonds is 5. The molecule has 0 spiro atoms. The zero-order valence-electron chi connectivity index (χ0n) is 12.3. The fourth-order valence-corrected chi connectivity index (χ4v) is 1.45. The van der Waals surface area contributed by atoms with Crippen molar-refractivity contribution in [1.29, 1.82) is 0 Å². The maximum absolute atomic E-state index is 11.9. The molecule has 0 radical (unpaired) electrons. The highest BCUT2D eigenvalue weighted by molar-refractivity contribution is 5.99. The first-order valence-corrected chi connectivity index (χ1v) is 6.61. The molecule has 0 fully saturated rings. The van der Waals surface area contributed by atoms with E-state index in [2.05, 4.69) is 9.78 Å². The molecule has 21 heavy (non-hydrogen) atoms. The van der Waals surface area contributed by atoms with E-state index in [0.717, 1.165) is 0 Å². The monoisotopic (exact) mass is 294 g/mol. The van der Waals surface area contributed by atoms with Gasteiger partial charge >= 0.3 is 17.9 Å². The molecule has 6 nitrogen and oxygen atoms in total. The SMILES string of the molecule is CCOC(=O)C(C)(CC)C(=O)OOC(=O)c1ccccc1. The van der Waals surface area contributed by atoms with Crippen LogP contribution < -0.4 is 0 Å². The van der Waals surface area contributed by atoms with Crippen LogP contribution in [0.15, 0.2) is 30.3 Å². The molecule has 0 aromatic heterocycles. The minimum atomic E-state index is -1.51. The van der Waals surface area contributed by atoms with Gasteiger partial charge in [0.1, 0.15) is 0 Å². The van der Waals surface area contributed by atoms with E-state index in [1.165, 1.54) is 19.1 Å². The molecule has 1 aromatic carbocycles. The number of carbonyl (C=O) groups is 3. The third-order valence-electron chi connectivity index (χ3n) is 3.09. The molecule has 0 N–H and O–H groups in total. The number of carbonyl (C=O) groups excluding carboxylic acids is 3. The summed E-state index contributed by atoms with van der Waals surface area (Å²) in [6, 6.07) is 8.05. The largest absolute Gasteiger partial charge is 0.465 e. The Labute approximate surface area is 122 Å². The maximum Gasteiger partial charge on any atom is 0.386 e. The van der Waals surface area contributed by atoms with Gasteiger partial charge < -0.3 is 4.74 Å². The lowest BCUT2D eigenvalue weighted by molar-refractivity contribution is -0.245. The highest BCUT2D eigenvalue weighted by Crippen LogP contribution is 2.25. The third-order valence-corrected chi connectivity index (χ3v) is 3.09. The van der Waals surface area contributed by atoms with E-state index < -0.39 is 23.3 Å². The van der Waals surface area contributed by atoms with Gasteiger partial charge in [-0.15, -0.1) is 0 Å². The summed E-state index contributed by atoms with van der Waals surface area (Å²) in [7, 11) is 0. The van der Waals surface area contributed by atoms with E-state index in [1.54, 1.807) is 32.0 Å². The molecule has 0 heterocycles. The second-order valence-corrected chi connectivity index (χ2v) is 4.51. The first-order chi connectivity index (χ1) is 9.95. The highest BCUT2D eigenvalue weighted by atomic mass is 17.2. The molecule has 0 aliphatic rings. The van der Waals surface area contributed by atoms with Crippen molar-refractivity contribution in [3.05, 3.63) is 35.9 Å². The Morgan fingerprint density at radius 3 is 2.14 bits per heavy atom. The number of hydrogen-bond donors (Lipinski definition) is 0. The molecule has 0 aliphatic carbocycles. The van der Waals surface area contributed by atoms with Crippen molar-refractivity contribution < 1.29 is 28.9 Å². The second-order valence-electron chi connectivity index (χ2n) is 4.51. The minimum Gasteiger partial charge on any atom is -0.465 e. The molecule has 6 heteroatoms. The Balaban J connectivity index is 2.67. The molecular formula is C15H18O6. The van der Waals surface area contributed by atoms with Crippen LogP contribution >= 0.6 is 0 Å². The molecule has 1 rings (SSSR count). The van der Waals surface area contributed by atoms with Crippen LogP contribution in [0.3, 0.4) is 0 Å². The number of esters is 1. The van der Waals surface area contributed by atoms with Crippen LogP contribution in [0, 0.1) is 5.41 Å². The molecule has 0 saturated carbocycles. The maximum atomic E-state index is 11.9. The van der Waals surface area contributed by atoms with Crippen LogP contribution in [-0.2, 0) is 24.1 Å². The Morgan fingerprint density at radius 1 is 1.00 bits per heavy atom. The molecule has 1 aromatic rings. The van der Waals surface area contributed by atoms with Gasteiger partial charge in [-0.3, -0.25) is 4.79 Å². The van der Waals surface area contributed by atoms with Gasteiger partial charge in [0, 0.05) is 0 Å². The van der Waals surface area contributed by atoms with Crippen LogP contribution in [0.1, 0.15) is 37.6 Å². The van der Waals surface area contributed by atoms with Gasteiger partial charge in [0.15, 0.2) is 5.41 Å². The van der Waals surface area contributed by atoms with Crippen molar-refractivity contribution in [2.24, 2.45) is 5.41 Å². The summed E-state index contributed by atoms with van der Waals surface area (Å²) in [5.41, 5.74) is -1.27. The zero-order chi connectivity index (χ0) is 15.9. The van der Waals surface area contributed by atoms with Crippen LogP contribution in [0.25, 0.3) is 0 Å². The van der Waals surface area contributed by atoms with Crippen molar-refractivity contribution >= 4 is 17.9 Å². The van der Waals surface area contributed by atoms with Crippen molar-refractivity contribution in [2.75, 3.05) is 6.61 Å². The van der Waals surface area contributed by atoms with E-state index in [0.29, 0.717) is 0 Å². The summed E-state index contributed by atoms with van der Waals surface area (Å²) in [4.78, 5) is 44.3. The van der Waals surface area contributed by atoms with E-state index in [4.69, 9.17) is 4.74 Å². The predicted octanol–water partition coefficient (Wildman–Crippen LogP) is 2.28. The number of ether oxygens (including phenoxy) is 1. The first-order valence-electron chi connectivity index (χ1n) is 6.61. The molecule has 0 saturated heterocycles. The summed E-state index contributed by atoms with van der Waals surface area (Å²) in [6.07, 6.45) is 0.160. The van der Waals surface area contributed by atoms with Crippen molar-refractivity contribution in [3.63, 3.8) is 0 Å². The van der Waals surface area contributed by atoms with Gasteiger partial charge in [0.2, 0.25) is 0 Å². The minimum absolute atomic E-state index is 0.144. The van der Waals surface area contributed by atoms with Crippen molar-refractivity contribution in [2.45, 2.75) is 27.2 Å². The number of hydrogen-bond acceptors (Lipinski definition) is 6. The second kappa shape index (κ2) is 7.42. The van der Waals surface area contributed by atoms with Gasteiger partial charge in [0.25, 0.3) is 0 Å². The lowest BCUT2D eigenvalue weighted by Crippen LogP contribution is -2.39. The average molecular weight is 294 g/mol. The predicted molar refractivity (Wildman–Crippen MR) is 73.0 cm³/mol. The smallest absolute Gasteiger partial charge is 0.386 e. The summed E-state index contributed by atoms with van der Waals surface area (Å²) >= 11 is 0. The lowest BCUT2D eigenvalue weighted by atomic mass is 9.88. The first kappa shape index (κ1) is 16.7. The Hall–Kier alpha value is -2.37. The summed E-state index contributed by atoms with van der Waals surface area (Å²) in [5.74, 6) is -2.49. The van der Waals surface area contributed by atoms with Gasteiger partial charge in [-0.1, -0.05) is 25.1 Å². The summed E-state index contributed by atoms with van der Waals surface area (Å²) in [6.45, 7) is 4.79. The van der Waals surface area contributed by atoms with E-state index in [1.807, 2.05) is 0 Å². The van der Waals surface area contributed by atoms with Gasteiger partial charge in [-0.05, 0) is 32.4 Å². The fraction of sp³-hybridized carbons (Fsp3) is 0.400. The van der Waals surface area contributed by atoms with E-state index in [9.17, 15) is 14.4 Å². The molecule has 0 bridgehead atoms. The van der Waals surface area contributed by atoms with Gasteiger partial charge in [-0.2, -0.15) is 0 Å². The Kier molecular flexibility index (Phi) is 5.90. The highest BCUT2D eigenvalue weighted by Gasteiger charge is 2.44. The lowest BCUT2D eigenvalue weighted by Gasteiger charge is -2.21. The molecular weight excluding hydrogens is 276 g/mol. The van der Waals surface area contributed by atoms with Crippen molar-refractivity contribution in [3.8, 4) is 0 Å². The quantitative estimate of drug-likeness (QED) is 0.359. The van der Waals surface area contributed by atoms with Crippen LogP contribution in [0.2, 0.25) is 0 Å².